The predicted octanol–water partition coefficient (Wildman–Crippen LogP) is 4.07. The second-order valence-corrected chi connectivity index (χ2v) is 8.39. The molecule has 0 radical (unpaired) electrons. The molecule has 0 spiro atoms. The van der Waals surface area contributed by atoms with Crippen LogP contribution >= 0.6 is 0 Å². The molecule has 2 rings (SSSR count). The zero-order valence-corrected chi connectivity index (χ0v) is 22.0. The molecular formula is C27H36N2O8. The summed E-state index contributed by atoms with van der Waals surface area (Å²) in [6, 6.07) is 9.82. The van der Waals surface area contributed by atoms with E-state index in [-0.39, 0.29) is 17.2 Å². The number of amides is 1. The summed E-state index contributed by atoms with van der Waals surface area (Å²) in [5.74, 6) is -0.972. The minimum absolute atomic E-state index is 0.0216. The number of rotatable bonds is 15. The Morgan fingerprint density at radius 2 is 1.78 bits per heavy atom. The number of nitrogens with one attached hydrogen (secondary N) is 1. The van der Waals surface area contributed by atoms with Gasteiger partial charge in [0.15, 0.2) is 17.2 Å². The molecule has 0 unspecified atom stereocenters. The molecule has 202 valence electrons. The minimum Gasteiger partial charge on any atom is -0.493 e. The smallest absolute Gasteiger partial charge is 0.328 e. The third kappa shape index (κ3) is 9.63. The summed E-state index contributed by atoms with van der Waals surface area (Å²) in [4.78, 5) is 41.0. The number of nitrogens with zero attached hydrogens (tertiary/aromatic N) is 1. The molecule has 0 saturated heterocycles. The van der Waals surface area contributed by atoms with E-state index in [1.165, 1.54) is 33.2 Å². The summed E-state index contributed by atoms with van der Waals surface area (Å²) in [6.07, 6.45) is 3.98. The van der Waals surface area contributed by atoms with Gasteiger partial charge in [0.2, 0.25) is 6.79 Å². The fourth-order valence-electron chi connectivity index (χ4n) is 3.41. The lowest BCUT2D eigenvalue weighted by atomic mass is 10.1. The van der Waals surface area contributed by atoms with Crippen LogP contribution in [0.25, 0.3) is 0 Å². The Bertz CT molecular complexity index is 1010. The SMILES string of the molecule is CCCCC[C@H](OC(=O)[C@H](C)NC(=O)c1nccc(OC)c1OCOC(C)=O)[C@H](C)Oc1ccccc1. The summed E-state index contributed by atoms with van der Waals surface area (Å²) in [6.45, 7) is 6.26. The number of hydrogen-bond acceptors (Lipinski definition) is 9. The number of ether oxygens (including phenoxy) is 5. The van der Waals surface area contributed by atoms with Crippen LogP contribution < -0.4 is 19.5 Å². The fourth-order valence-corrected chi connectivity index (χ4v) is 3.41. The third-order valence-electron chi connectivity index (χ3n) is 5.42. The Balaban J connectivity index is 2.08. The van der Waals surface area contributed by atoms with Crippen LogP contribution in [0.4, 0.5) is 0 Å². The minimum atomic E-state index is -0.987. The Morgan fingerprint density at radius 1 is 1.05 bits per heavy atom. The van der Waals surface area contributed by atoms with Gasteiger partial charge >= 0.3 is 11.9 Å². The second kappa shape index (κ2) is 15.3. The maximum absolute atomic E-state index is 13.0. The number of carbonyl (C=O) groups is 3. The van der Waals surface area contributed by atoms with Crippen LogP contribution in [-0.2, 0) is 19.1 Å². The molecule has 3 atom stereocenters. The van der Waals surface area contributed by atoms with Crippen LogP contribution in [0.3, 0.4) is 0 Å². The second-order valence-electron chi connectivity index (χ2n) is 8.39. The highest BCUT2D eigenvalue weighted by Crippen LogP contribution is 2.29. The molecule has 1 amide bonds. The van der Waals surface area contributed by atoms with Gasteiger partial charge in [-0.15, -0.1) is 0 Å². The van der Waals surface area contributed by atoms with E-state index in [1.54, 1.807) is 0 Å². The molecule has 1 N–H and O–H groups in total. The van der Waals surface area contributed by atoms with Gasteiger partial charge < -0.3 is 29.0 Å². The first kappa shape index (κ1) is 29.4. The molecule has 2 aromatic rings. The first-order chi connectivity index (χ1) is 17.8. The molecule has 1 heterocycles. The average Bonchev–Trinajstić information content (AvgIpc) is 2.88. The highest BCUT2D eigenvalue weighted by molar-refractivity contribution is 5.98. The average molecular weight is 517 g/mol. The third-order valence-corrected chi connectivity index (χ3v) is 5.42. The Hall–Kier alpha value is -3.82. The van der Waals surface area contributed by atoms with Crippen molar-refractivity contribution < 1.29 is 38.1 Å². The van der Waals surface area contributed by atoms with Gasteiger partial charge in [0.25, 0.3) is 5.91 Å². The van der Waals surface area contributed by atoms with E-state index in [0.29, 0.717) is 12.2 Å². The number of pyridine rings is 1. The molecular weight excluding hydrogens is 480 g/mol. The van der Waals surface area contributed by atoms with Crippen molar-refractivity contribution in [2.24, 2.45) is 0 Å². The van der Waals surface area contributed by atoms with E-state index in [9.17, 15) is 14.4 Å². The Morgan fingerprint density at radius 3 is 2.43 bits per heavy atom. The number of hydrogen-bond donors (Lipinski definition) is 1. The summed E-state index contributed by atoms with van der Waals surface area (Å²) < 4.78 is 27.2. The maximum Gasteiger partial charge on any atom is 0.328 e. The molecule has 10 nitrogen and oxygen atoms in total. The highest BCUT2D eigenvalue weighted by atomic mass is 16.7. The van der Waals surface area contributed by atoms with E-state index in [1.807, 2.05) is 37.3 Å². The number of benzene rings is 1. The monoisotopic (exact) mass is 516 g/mol. The van der Waals surface area contributed by atoms with Crippen molar-refractivity contribution in [2.45, 2.75) is 71.6 Å². The lowest BCUT2D eigenvalue weighted by molar-refractivity contribution is -0.156. The zero-order chi connectivity index (χ0) is 27.2. The van der Waals surface area contributed by atoms with Gasteiger partial charge in [0.05, 0.1) is 7.11 Å². The van der Waals surface area contributed by atoms with Crippen LogP contribution in [0.5, 0.6) is 17.2 Å². The molecule has 0 bridgehead atoms. The molecule has 1 aromatic heterocycles. The van der Waals surface area contributed by atoms with Crippen molar-refractivity contribution in [1.82, 2.24) is 10.3 Å². The van der Waals surface area contributed by atoms with Gasteiger partial charge in [0.1, 0.15) is 24.0 Å². The molecule has 0 fully saturated rings. The van der Waals surface area contributed by atoms with Gasteiger partial charge in [-0.2, -0.15) is 0 Å². The van der Waals surface area contributed by atoms with Crippen molar-refractivity contribution in [2.75, 3.05) is 13.9 Å². The highest BCUT2D eigenvalue weighted by Gasteiger charge is 2.28. The predicted molar refractivity (Wildman–Crippen MR) is 136 cm³/mol. The van der Waals surface area contributed by atoms with E-state index in [2.05, 4.69) is 17.2 Å². The van der Waals surface area contributed by atoms with E-state index < -0.39 is 42.9 Å². The lowest BCUT2D eigenvalue weighted by Crippen LogP contribution is -2.43. The molecule has 0 saturated carbocycles. The first-order valence-electron chi connectivity index (χ1n) is 12.3. The van der Waals surface area contributed by atoms with Crippen molar-refractivity contribution in [3.05, 3.63) is 48.3 Å². The van der Waals surface area contributed by atoms with Crippen LogP contribution in [0.1, 0.15) is 63.9 Å². The molecule has 1 aromatic carbocycles. The number of esters is 2. The first-order valence-corrected chi connectivity index (χ1v) is 12.3. The van der Waals surface area contributed by atoms with Crippen LogP contribution in [0, 0.1) is 0 Å². The Labute approximate surface area is 217 Å². The summed E-state index contributed by atoms with van der Waals surface area (Å²) in [7, 11) is 1.40. The van der Waals surface area contributed by atoms with Crippen LogP contribution in [0.15, 0.2) is 42.6 Å². The number of methoxy groups -OCH3 is 1. The van der Waals surface area contributed by atoms with E-state index >= 15 is 0 Å². The molecule has 0 aliphatic rings. The van der Waals surface area contributed by atoms with E-state index in [0.717, 1.165) is 19.3 Å². The summed E-state index contributed by atoms with van der Waals surface area (Å²) in [5, 5.41) is 2.59. The number of aromatic nitrogens is 1. The molecule has 0 aliphatic carbocycles. The number of carbonyl (C=O) groups excluding carboxylic acids is 3. The standard InChI is InChI=1S/C27H36N2O8/c1-6-7-9-14-22(19(3)36-21-12-10-8-11-13-21)37-27(32)18(2)29-26(31)24-25(35-17-34-20(4)30)23(33-5)15-16-28-24/h8,10-13,15-16,18-19,22H,6-7,9,14,17H2,1-5H3,(H,29,31)/t18-,19-,22-/m0/s1. The zero-order valence-electron chi connectivity index (χ0n) is 22.0. The lowest BCUT2D eigenvalue weighted by Gasteiger charge is -2.26. The quantitative estimate of drug-likeness (QED) is 0.212. The van der Waals surface area contributed by atoms with Crippen LogP contribution in [-0.4, -0.2) is 55.0 Å². The van der Waals surface area contributed by atoms with Gasteiger partial charge in [-0.25, -0.2) is 9.78 Å². The Kier molecular flexibility index (Phi) is 12.2. The molecule has 37 heavy (non-hydrogen) atoms. The van der Waals surface area contributed by atoms with Crippen molar-refractivity contribution >= 4 is 17.8 Å². The van der Waals surface area contributed by atoms with Crippen molar-refractivity contribution in [1.29, 1.82) is 0 Å². The molecule has 10 heteroatoms. The normalized spacial score (nSPS) is 13.0. The van der Waals surface area contributed by atoms with Gasteiger partial charge in [-0.05, 0) is 38.8 Å². The van der Waals surface area contributed by atoms with Gasteiger partial charge in [-0.1, -0.05) is 38.0 Å². The number of para-hydroxylation sites is 1. The molecule has 0 aliphatic heterocycles. The summed E-state index contributed by atoms with van der Waals surface area (Å²) in [5.41, 5.74) is -0.133. The largest absolute Gasteiger partial charge is 0.493 e. The fraction of sp³-hybridized carbons (Fsp3) is 0.481. The topological polar surface area (TPSA) is 122 Å². The van der Waals surface area contributed by atoms with E-state index in [4.69, 9.17) is 23.7 Å². The number of unbranched alkanes of at least 4 members (excludes halogenated alkanes) is 2. The van der Waals surface area contributed by atoms with Gasteiger partial charge in [0, 0.05) is 19.2 Å². The van der Waals surface area contributed by atoms with Crippen molar-refractivity contribution in [3.63, 3.8) is 0 Å². The van der Waals surface area contributed by atoms with Crippen LogP contribution in [0.2, 0.25) is 0 Å². The van der Waals surface area contributed by atoms with Gasteiger partial charge in [-0.3, -0.25) is 9.59 Å². The summed E-state index contributed by atoms with van der Waals surface area (Å²) >= 11 is 0. The van der Waals surface area contributed by atoms with Crippen molar-refractivity contribution in [3.8, 4) is 17.2 Å². The maximum atomic E-state index is 13.0.